The number of rotatable bonds is 7. The fraction of sp³-hybridized carbons (Fsp3) is 0.533. The van der Waals surface area contributed by atoms with Crippen LogP contribution >= 0.6 is 0 Å². The summed E-state index contributed by atoms with van der Waals surface area (Å²) in [5, 5.41) is 2.74. The highest BCUT2D eigenvalue weighted by atomic mass is 16.5. The molecule has 1 aromatic rings. The lowest BCUT2D eigenvalue weighted by molar-refractivity contribution is -0.127. The molecule has 19 heavy (non-hydrogen) atoms. The Morgan fingerprint density at radius 2 is 1.84 bits per heavy atom. The van der Waals surface area contributed by atoms with Gasteiger partial charge in [0.25, 0.3) is 5.91 Å². The molecule has 106 valence electrons. The van der Waals surface area contributed by atoms with Gasteiger partial charge in [-0.2, -0.15) is 0 Å². The van der Waals surface area contributed by atoms with Gasteiger partial charge in [0.2, 0.25) is 0 Å². The summed E-state index contributed by atoms with van der Waals surface area (Å²) in [6.07, 6.45) is -0.512. The first-order valence-corrected chi connectivity index (χ1v) is 6.58. The highest BCUT2D eigenvalue weighted by molar-refractivity contribution is 5.80. The van der Waals surface area contributed by atoms with Crippen molar-refractivity contribution in [1.29, 1.82) is 0 Å². The van der Waals surface area contributed by atoms with Gasteiger partial charge in [0.15, 0.2) is 6.10 Å². The monoisotopic (exact) mass is 265 g/mol. The van der Waals surface area contributed by atoms with Crippen LogP contribution in [-0.2, 0) is 9.53 Å². The van der Waals surface area contributed by atoms with Gasteiger partial charge >= 0.3 is 0 Å². The van der Waals surface area contributed by atoms with Crippen molar-refractivity contribution in [3.63, 3.8) is 0 Å². The van der Waals surface area contributed by atoms with Gasteiger partial charge in [-0.05, 0) is 30.5 Å². The van der Waals surface area contributed by atoms with E-state index in [9.17, 15) is 4.79 Å². The Kier molecular flexibility index (Phi) is 6.36. The largest absolute Gasteiger partial charge is 0.481 e. The van der Waals surface area contributed by atoms with Crippen LogP contribution in [0.3, 0.4) is 0 Å². The average molecular weight is 265 g/mol. The van der Waals surface area contributed by atoms with Crippen molar-refractivity contribution in [3.8, 4) is 5.75 Å². The maximum Gasteiger partial charge on any atom is 0.260 e. The van der Waals surface area contributed by atoms with E-state index in [4.69, 9.17) is 9.47 Å². The third kappa shape index (κ3) is 5.30. The number of hydrogen-bond acceptors (Lipinski definition) is 3. The molecule has 1 atom stereocenters. The Bertz CT molecular complexity index is 387. The summed E-state index contributed by atoms with van der Waals surface area (Å²) >= 11 is 0. The number of benzene rings is 1. The van der Waals surface area contributed by atoms with Crippen LogP contribution in [0.5, 0.6) is 5.75 Å². The molecule has 0 saturated heterocycles. The predicted octanol–water partition coefficient (Wildman–Crippen LogP) is 2.34. The molecule has 0 heterocycles. The third-order valence-corrected chi connectivity index (χ3v) is 2.83. The molecule has 1 unspecified atom stereocenters. The van der Waals surface area contributed by atoms with E-state index in [1.165, 1.54) is 5.56 Å². The van der Waals surface area contributed by atoms with Gasteiger partial charge in [-0.25, -0.2) is 0 Å². The molecule has 0 fully saturated rings. The van der Waals surface area contributed by atoms with E-state index < -0.39 is 6.10 Å². The van der Waals surface area contributed by atoms with Crippen molar-refractivity contribution < 1.29 is 14.3 Å². The lowest BCUT2D eigenvalue weighted by Crippen LogP contribution is -2.37. The van der Waals surface area contributed by atoms with Crippen molar-refractivity contribution in [2.45, 2.75) is 32.8 Å². The van der Waals surface area contributed by atoms with Gasteiger partial charge in [0.1, 0.15) is 5.75 Å². The quantitative estimate of drug-likeness (QED) is 0.770. The Balaban J connectivity index is 2.47. The number of ether oxygens (including phenoxy) is 2. The van der Waals surface area contributed by atoms with Crippen LogP contribution in [-0.4, -0.2) is 32.3 Å². The van der Waals surface area contributed by atoms with Gasteiger partial charge in [-0.3, -0.25) is 4.79 Å². The van der Waals surface area contributed by atoms with Gasteiger partial charge in [0, 0.05) is 13.7 Å². The Labute approximate surface area is 115 Å². The number of methoxy groups -OCH3 is 1. The highest BCUT2D eigenvalue weighted by Gasteiger charge is 2.13. The molecular formula is C15H23NO3. The third-order valence-electron chi connectivity index (χ3n) is 2.83. The van der Waals surface area contributed by atoms with E-state index >= 15 is 0 Å². The summed E-state index contributed by atoms with van der Waals surface area (Å²) in [5.74, 6) is 1.06. The molecule has 0 saturated carbocycles. The minimum atomic E-state index is -0.512. The van der Waals surface area contributed by atoms with Crippen molar-refractivity contribution >= 4 is 5.91 Å². The number of amides is 1. The van der Waals surface area contributed by atoms with Crippen LogP contribution in [0.2, 0.25) is 0 Å². The second-order valence-corrected chi connectivity index (χ2v) is 4.77. The van der Waals surface area contributed by atoms with Crippen LogP contribution < -0.4 is 10.1 Å². The smallest absolute Gasteiger partial charge is 0.260 e. The zero-order valence-electron chi connectivity index (χ0n) is 12.1. The Hall–Kier alpha value is -1.55. The molecule has 1 amide bonds. The lowest BCUT2D eigenvalue weighted by Gasteiger charge is -2.15. The molecular weight excluding hydrogens is 242 g/mol. The fourth-order valence-electron chi connectivity index (χ4n) is 1.61. The predicted molar refractivity (Wildman–Crippen MR) is 75.5 cm³/mol. The molecule has 0 aliphatic heterocycles. The van der Waals surface area contributed by atoms with E-state index in [-0.39, 0.29) is 5.91 Å². The van der Waals surface area contributed by atoms with Crippen LogP contribution in [0.25, 0.3) is 0 Å². The Morgan fingerprint density at radius 3 is 2.37 bits per heavy atom. The van der Waals surface area contributed by atoms with E-state index in [0.717, 1.165) is 0 Å². The SMILES string of the molecule is COCCNC(=O)C(C)Oc1ccc(C(C)C)cc1. The molecule has 0 aliphatic carbocycles. The molecule has 0 aromatic heterocycles. The number of nitrogens with one attached hydrogen (secondary N) is 1. The van der Waals surface area contributed by atoms with Crippen molar-refractivity contribution in [1.82, 2.24) is 5.32 Å². The van der Waals surface area contributed by atoms with Crippen LogP contribution in [0.4, 0.5) is 0 Å². The summed E-state index contributed by atoms with van der Waals surface area (Å²) in [4.78, 5) is 11.7. The van der Waals surface area contributed by atoms with Crippen molar-refractivity contribution in [3.05, 3.63) is 29.8 Å². The molecule has 0 bridgehead atoms. The number of carbonyl (C=O) groups excluding carboxylic acids is 1. The standard InChI is InChI=1S/C15H23NO3/c1-11(2)13-5-7-14(8-6-13)19-12(3)15(17)16-9-10-18-4/h5-8,11-12H,9-10H2,1-4H3,(H,16,17). The van der Waals surface area contributed by atoms with Gasteiger partial charge in [0.05, 0.1) is 6.61 Å². The van der Waals surface area contributed by atoms with E-state index in [0.29, 0.717) is 24.8 Å². The summed E-state index contributed by atoms with van der Waals surface area (Å²) in [7, 11) is 1.60. The maximum absolute atomic E-state index is 11.7. The Morgan fingerprint density at radius 1 is 1.21 bits per heavy atom. The molecule has 4 nitrogen and oxygen atoms in total. The first-order valence-electron chi connectivity index (χ1n) is 6.58. The second kappa shape index (κ2) is 7.79. The normalized spacial score (nSPS) is 12.3. The van der Waals surface area contributed by atoms with Crippen molar-refractivity contribution in [2.75, 3.05) is 20.3 Å². The maximum atomic E-state index is 11.7. The van der Waals surface area contributed by atoms with E-state index in [2.05, 4.69) is 19.2 Å². The first kappa shape index (κ1) is 15.5. The van der Waals surface area contributed by atoms with Crippen molar-refractivity contribution in [2.24, 2.45) is 0 Å². The van der Waals surface area contributed by atoms with Crippen LogP contribution in [0.15, 0.2) is 24.3 Å². The van der Waals surface area contributed by atoms with Crippen LogP contribution in [0, 0.1) is 0 Å². The first-order chi connectivity index (χ1) is 9.04. The zero-order valence-corrected chi connectivity index (χ0v) is 12.1. The molecule has 0 aliphatic rings. The topological polar surface area (TPSA) is 47.6 Å². The van der Waals surface area contributed by atoms with E-state index in [1.54, 1.807) is 14.0 Å². The molecule has 4 heteroatoms. The van der Waals surface area contributed by atoms with Gasteiger partial charge < -0.3 is 14.8 Å². The van der Waals surface area contributed by atoms with Gasteiger partial charge in [-0.15, -0.1) is 0 Å². The molecule has 0 spiro atoms. The second-order valence-electron chi connectivity index (χ2n) is 4.77. The average Bonchev–Trinajstić information content (AvgIpc) is 2.39. The summed E-state index contributed by atoms with van der Waals surface area (Å²) in [6.45, 7) is 7.01. The lowest BCUT2D eigenvalue weighted by atomic mass is 10.0. The number of carbonyl (C=O) groups is 1. The fourth-order valence-corrected chi connectivity index (χ4v) is 1.61. The number of hydrogen-bond donors (Lipinski definition) is 1. The minimum absolute atomic E-state index is 0.134. The minimum Gasteiger partial charge on any atom is -0.481 e. The summed E-state index contributed by atoms with van der Waals surface area (Å²) in [6, 6.07) is 7.84. The summed E-state index contributed by atoms with van der Waals surface area (Å²) in [5.41, 5.74) is 1.25. The molecule has 0 radical (unpaired) electrons. The molecule has 1 aromatic carbocycles. The van der Waals surface area contributed by atoms with E-state index in [1.807, 2.05) is 24.3 Å². The summed E-state index contributed by atoms with van der Waals surface area (Å²) < 4.78 is 10.5. The zero-order chi connectivity index (χ0) is 14.3. The highest BCUT2D eigenvalue weighted by Crippen LogP contribution is 2.19. The van der Waals surface area contributed by atoms with Crippen LogP contribution in [0.1, 0.15) is 32.3 Å². The van der Waals surface area contributed by atoms with Gasteiger partial charge in [-0.1, -0.05) is 26.0 Å². The molecule has 1 rings (SSSR count). The molecule has 1 N–H and O–H groups in total.